The lowest BCUT2D eigenvalue weighted by Crippen LogP contribution is -2.23. The third-order valence-corrected chi connectivity index (χ3v) is 7.23. The zero-order chi connectivity index (χ0) is 20.8. The molecule has 0 spiro atoms. The van der Waals surface area contributed by atoms with Gasteiger partial charge >= 0.3 is 5.97 Å². The fourth-order valence-electron chi connectivity index (χ4n) is 4.70. The van der Waals surface area contributed by atoms with Gasteiger partial charge in [0.1, 0.15) is 0 Å². The van der Waals surface area contributed by atoms with E-state index in [2.05, 4.69) is 6.07 Å². The van der Waals surface area contributed by atoms with E-state index in [1.165, 1.54) is 4.70 Å². The third-order valence-electron chi connectivity index (χ3n) is 6.33. The number of aliphatic hydroxyl groups excluding tert-OH is 3. The van der Waals surface area contributed by atoms with Crippen LogP contribution in [0, 0.1) is 11.8 Å². The Morgan fingerprint density at radius 3 is 2.52 bits per heavy atom. The summed E-state index contributed by atoms with van der Waals surface area (Å²) in [5.74, 6) is -0.698. The summed E-state index contributed by atoms with van der Waals surface area (Å²) in [5, 5.41) is 43.3. The van der Waals surface area contributed by atoms with E-state index >= 15 is 0 Å². The van der Waals surface area contributed by atoms with Crippen LogP contribution >= 0.6 is 11.3 Å². The van der Waals surface area contributed by atoms with Crippen LogP contribution in [0.3, 0.4) is 0 Å². The largest absolute Gasteiger partial charge is 0.481 e. The SMILES string of the molecule is O=C(O)CCCCCC[C@@H]1C(CCC(O)c2ccc3sccc3c2)[C@H](O)C[C@@H]1O. The lowest BCUT2D eigenvalue weighted by atomic mass is 9.84. The van der Waals surface area contributed by atoms with Gasteiger partial charge < -0.3 is 20.4 Å². The van der Waals surface area contributed by atoms with Crippen molar-refractivity contribution in [2.75, 3.05) is 0 Å². The van der Waals surface area contributed by atoms with Gasteiger partial charge in [-0.2, -0.15) is 0 Å². The number of thiophene rings is 1. The van der Waals surface area contributed by atoms with Crippen LogP contribution in [0.25, 0.3) is 10.1 Å². The van der Waals surface area contributed by atoms with Crippen molar-refractivity contribution in [1.29, 1.82) is 0 Å². The van der Waals surface area contributed by atoms with Gasteiger partial charge in [-0.05, 0) is 78.5 Å². The van der Waals surface area contributed by atoms with Crippen LogP contribution in [0.15, 0.2) is 29.6 Å². The molecule has 0 bridgehead atoms. The Balaban J connectivity index is 1.48. The number of benzene rings is 1. The van der Waals surface area contributed by atoms with Crippen LogP contribution in [-0.4, -0.2) is 38.6 Å². The van der Waals surface area contributed by atoms with Gasteiger partial charge in [-0.15, -0.1) is 11.3 Å². The first-order valence-corrected chi connectivity index (χ1v) is 11.6. The molecule has 29 heavy (non-hydrogen) atoms. The lowest BCUT2D eigenvalue weighted by Gasteiger charge is -2.24. The van der Waals surface area contributed by atoms with E-state index in [0.717, 1.165) is 36.6 Å². The Morgan fingerprint density at radius 2 is 1.76 bits per heavy atom. The molecule has 0 aliphatic heterocycles. The zero-order valence-corrected chi connectivity index (χ0v) is 17.6. The molecule has 1 aromatic heterocycles. The number of hydrogen-bond acceptors (Lipinski definition) is 5. The van der Waals surface area contributed by atoms with Crippen molar-refractivity contribution in [1.82, 2.24) is 0 Å². The van der Waals surface area contributed by atoms with Gasteiger partial charge in [-0.25, -0.2) is 0 Å². The van der Waals surface area contributed by atoms with Gasteiger partial charge in [0.05, 0.1) is 18.3 Å². The average Bonchev–Trinajstić information content (AvgIpc) is 3.25. The summed E-state index contributed by atoms with van der Waals surface area (Å²) >= 11 is 1.68. The number of fused-ring (bicyclic) bond motifs is 1. The second-order valence-corrected chi connectivity index (χ2v) is 9.30. The molecule has 6 heteroatoms. The number of carbonyl (C=O) groups is 1. The summed E-state index contributed by atoms with van der Waals surface area (Å²) < 4.78 is 1.21. The molecule has 5 nitrogen and oxygen atoms in total. The topological polar surface area (TPSA) is 98.0 Å². The second kappa shape index (κ2) is 10.5. The van der Waals surface area contributed by atoms with E-state index in [1.807, 2.05) is 23.6 Å². The van der Waals surface area contributed by atoms with Crippen LogP contribution in [0.5, 0.6) is 0 Å². The second-order valence-electron chi connectivity index (χ2n) is 8.36. The summed E-state index contributed by atoms with van der Waals surface area (Å²) in [5.41, 5.74) is 0.902. The van der Waals surface area contributed by atoms with Crippen LogP contribution < -0.4 is 0 Å². The highest BCUT2D eigenvalue weighted by Crippen LogP contribution is 2.40. The molecule has 2 unspecified atom stereocenters. The smallest absolute Gasteiger partial charge is 0.303 e. The molecule has 160 valence electrons. The van der Waals surface area contributed by atoms with Gasteiger partial charge in [0, 0.05) is 11.1 Å². The standard InChI is InChI=1S/C23H32O5S/c24-19(15-7-10-22-16(13-15)11-12-29-22)9-8-18-17(20(25)14-21(18)26)5-3-1-2-4-6-23(27)28/h7,10-13,17-21,24-26H,1-6,8-9,14H2,(H,27,28)/t17-,18?,19?,20+,21-/m1/s1. The van der Waals surface area contributed by atoms with Crippen molar-refractivity contribution in [3.05, 3.63) is 35.2 Å². The first kappa shape index (κ1) is 22.2. The number of carboxylic acid groups (broad SMARTS) is 1. The fraction of sp³-hybridized carbons (Fsp3) is 0.609. The molecule has 1 aliphatic rings. The number of rotatable bonds is 11. The van der Waals surface area contributed by atoms with E-state index in [1.54, 1.807) is 11.3 Å². The molecule has 3 rings (SSSR count). The molecule has 4 N–H and O–H groups in total. The van der Waals surface area contributed by atoms with E-state index in [0.29, 0.717) is 25.7 Å². The minimum Gasteiger partial charge on any atom is -0.481 e. The molecule has 1 aromatic carbocycles. The number of carboxylic acids is 1. The molecule has 0 amide bonds. The fourth-order valence-corrected chi connectivity index (χ4v) is 5.47. The number of unbranched alkanes of at least 4 members (excludes halogenated alkanes) is 3. The van der Waals surface area contributed by atoms with Gasteiger partial charge in [-0.3, -0.25) is 4.79 Å². The predicted octanol–water partition coefficient (Wildman–Crippen LogP) is 4.50. The van der Waals surface area contributed by atoms with E-state index in [4.69, 9.17) is 5.11 Å². The van der Waals surface area contributed by atoms with E-state index < -0.39 is 24.3 Å². The van der Waals surface area contributed by atoms with Crippen molar-refractivity contribution < 1.29 is 25.2 Å². The Hall–Kier alpha value is -1.47. The molecule has 0 radical (unpaired) electrons. The molecular formula is C23H32O5S. The third kappa shape index (κ3) is 6.01. The highest BCUT2D eigenvalue weighted by atomic mass is 32.1. The van der Waals surface area contributed by atoms with Crippen molar-refractivity contribution >= 4 is 27.4 Å². The van der Waals surface area contributed by atoms with E-state index in [9.17, 15) is 20.1 Å². The molecular weight excluding hydrogens is 388 g/mol. The summed E-state index contributed by atoms with van der Waals surface area (Å²) in [6, 6.07) is 8.10. The Morgan fingerprint density at radius 1 is 1.03 bits per heavy atom. The van der Waals surface area contributed by atoms with Gasteiger partial charge in [0.25, 0.3) is 0 Å². The van der Waals surface area contributed by atoms with Crippen molar-refractivity contribution in [3.8, 4) is 0 Å². The number of aliphatic carboxylic acids is 1. The Bertz CT molecular complexity index is 788. The first-order valence-electron chi connectivity index (χ1n) is 10.7. The monoisotopic (exact) mass is 420 g/mol. The van der Waals surface area contributed by atoms with Crippen molar-refractivity contribution in [2.24, 2.45) is 11.8 Å². The van der Waals surface area contributed by atoms with Crippen molar-refractivity contribution in [3.63, 3.8) is 0 Å². The zero-order valence-electron chi connectivity index (χ0n) is 16.7. The summed E-state index contributed by atoms with van der Waals surface area (Å²) in [7, 11) is 0. The normalized spacial score (nSPS) is 25.5. The summed E-state index contributed by atoms with van der Waals surface area (Å²) in [6.45, 7) is 0. The first-order chi connectivity index (χ1) is 14.0. The molecule has 1 heterocycles. The maximum absolute atomic E-state index is 10.6. The van der Waals surface area contributed by atoms with Crippen LogP contribution in [0.2, 0.25) is 0 Å². The minimum absolute atomic E-state index is 0.00329. The molecule has 0 saturated heterocycles. The minimum atomic E-state index is -0.754. The van der Waals surface area contributed by atoms with Crippen LogP contribution in [-0.2, 0) is 4.79 Å². The number of hydrogen-bond donors (Lipinski definition) is 4. The average molecular weight is 421 g/mol. The highest BCUT2D eigenvalue weighted by Gasteiger charge is 2.40. The maximum atomic E-state index is 10.6. The molecule has 2 aromatic rings. The van der Waals surface area contributed by atoms with Gasteiger partial charge in [0.2, 0.25) is 0 Å². The van der Waals surface area contributed by atoms with Gasteiger partial charge in [-0.1, -0.05) is 25.3 Å². The summed E-state index contributed by atoms with van der Waals surface area (Å²) in [6.07, 6.45) is 4.58. The lowest BCUT2D eigenvalue weighted by molar-refractivity contribution is -0.137. The Kier molecular flexibility index (Phi) is 8.07. The maximum Gasteiger partial charge on any atom is 0.303 e. The van der Waals surface area contributed by atoms with Crippen LogP contribution in [0.1, 0.15) is 69.5 Å². The van der Waals surface area contributed by atoms with E-state index in [-0.39, 0.29) is 18.3 Å². The predicted molar refractivity (Wildman–Crippen MR) is 115 cm³/mol. The highest BCUT2D eigenvalue weighted by molar-refractivity contribution is 7.17. The summed E-state index contributed by atoms with van der Waals surface area (Å²) in [4.78, 5) is 10.6. The molecule has 5 atom stereocenters. The number of aliphatic hydroxyl groups is 3. The van der Waals surface area contributed by atoms with Crippen molar-refractivity contribution in [2.45, 2.75) is 76.1 Å². The Labute approximate surface area is 176 Å². The quantitative estimate of drug-likeness (QED) is 0.401. The molecule has 1 aliphatic carbocycles. The van der Waals surface area contributed by atoms with Crippen LogP contribution in [0.4, 0.5) is 0 Å². The van der Waals surface area contributed by atoms with Gasteiger partial charge in [0.15, 0.2) is 0 Å². The molecule has 1 saturated carbocycles. The molecule has 1 fully saturated rings.